The third kappa shape index (κ3) is 6.09. The van der Waals surface area contributed by atoms with Gasteiger partial charge in [0.15, 0.2) is 0 Å². The second-order valence-electron chi connectivity index (χ2n) is 7.29. The van der Waals surface area contributed by atoms with Crippen molar-refractivity contribution >= 4 is 0 Å². The molecule has 0 saturated heterocycles. The van der Waals surface area contributed by atoms with Crippen LogP contribution in [0.25, 0.3) is 0 Å². The second kappa shape index (κ2) is 7.83. The molecule has 0 radical (unpaired) electrons. The van der Waals surface area contributed by atoms with Crippen LogP contribution in [-0.4, -0.2) is 12.1 Å². The van der Waals surface area contributed by atoms with Gasteiger partial charge in [-0.15, -0.1) is 0 Å². The number of hydrogen-bond donors (Lipinski definition) is 1. The number of nitrogens with one attached hydrogen (secondary N) is 1. The van der Waals surface area contributed by atoms with E-state index in [0.29, 0.717) is 0 Å². The molecule has 0 saturated carbocycles. The van der Waals surface area contributed by atoms with Crippen LogP contribution < -0.4 is 5.32 Å². The van der Waals surface area contributed by atoms with Gasteiger partial charge in [-0.25, -0.2) is 0 Å². The van der Waals surface area contributed by atoms with E-state index in [0.717, 1.165) is 18.4 Å². The van der Waals surface area contributed by atoms with Crippen molar-refractivity contribution in [1.82, 2.24) is 5.32 Å². The van der Waals surface area contributed by atoms with Crippen LogP contribution in [0.2, 0.25) is 0 Å². The Bertz CT molecular complexity index is 389. The topological polar surface area (TPSA) is 12.0 Å². The lowest BCUT2D eigenvalue weighted by atomic mass is 9.84. The van der Waals surface area contributed by atoms with Crippen molar-refractivity contribution in [3.05, 3.63) is 35.4 Å². The lowest BCUT2D eigenvalue weighted by molar-refractivity contribution is 0.285. The maximum Gasteiger partial charge on any atom is 0.00966 e. The predicted molar refractivity (Wildman–Crippen MR) is 90.2 cm³/mol. The summed E-state index contributed by atoms with van der Waals surface area (Å²) in [6.07, 6.45) is 3.79. The highest BCUT2D eigenvalue weighted by molar-refractivity contribution is 5.26. The van der Waals surface area contributed by atoms with E-state index in [1.165, 1.54) is 30.4 Å². The van der Waals surface area contributed by atoms with E-state index in [9.17, 15) is 0 Å². The zero-order valence-corrected chi connectivity index (χ0v) is 14.3. The van der Waals surface area contributed by atoms with Gasteiger partial charge in [0.05, 0.1) is 0 Å². The number of rotatable bonds is 7. The molecular formula is C19H33N. The van der Waals surface area contributed by atoms with Crippen LogP contribution in [0, 0.1) is 18.8 Å². The Hall–Kier alpha value is -0.820. The molecule has 1 nitrogen and oxygen atoms in total. The first kappa shape index (κ1) is 17.2. The largest absolute Gasteiger partial charge is 0.312 e. The summed E-state index contributed by atoms with van der Waals surface area (Å²) in [5.41, 5.74) is 3.14. The van der Waals surface area contributed by atoms with Gasteiger partial charge in [0.2, 0.25) is 0 Å². The maximum atomic E-state index is 3.70. The summed E-state index contributed by atoms with van der Waals surface area (Å²) in [6.45, 7) is 14.8. The molecule has 2 atom stereocenters. The van der Waals surface area contributed by atoms with Crippen molar-refractivity contribution < 1.29 is 0 Å². The van der Waals surface area contributed by atoms with Crippen LogP contribution in [0.4, 0.5) is 0 Å². The fraction of sp³-hybridized carbons (Fsp3) is 0.684. The van der Waals surface area contributed by atoms with Crippen LogP contribution in [0.5, 0.6) is 0 Å². The van der Waals surface area contributed by atoms with Crippen LogP contribution >= 0.6 is 0 Å². The minimum atomic E-state index is 0.204. The minimum Gasteiger partial charge on any atom is -0.312 e. The average Bonchev–Trinajstić information content (AvgIpc) is 2.35. The zero-order valence-electron chi connectivity index (χ0n) is 14.3. The van der Waals surface area contributed by atoms with E-state index >= 15 is 0 Å². The van der Waals surface area contributed by atoms with Crippen molar-refractivity contribution in [1.29, 1.82) is 0 Å². The van der Waals surface area contributed by atoms with Gasteiger partial charge < -0.3 is 5.32 Å². The average molecular weight is 275 g/mol. The Morgan fingerprint density at radius 2 is 1.80 bits per heavy atom. The van der Waals surface area contributed by atoms with Crippen molar-refractivity contribution in [2.45, 2.75) is 66.3 Å². The molecule has 0 aliphatic rings. The lowest BCUT2D eigenvalue weighted by Gasteiger charge is -2.29. The van der Waals surface area contributed by atoms with Gasteiger partial charge in [-0.2, -0.15) is 0 Å². The summed E-state index contributed by atoms with van der Waals surface area (Å²) < 4.78 is 0. The van der Waals surface area contributed by atoms with Crippen LogP contribution in [0.1, 0.15) is 58.6 Å². The normalized spacial score (nSPS) is 15.1. The summed E-state index contributed by atoms with van der Waals surface area (Å²) in [7, 11) is 0. The van der Waals surface area contributed by atoms with Crippen molar-refractivity contribution in [2.24, 2.45) is 11.8 Å². The van der Waals surface area contributed by atoms with Crippen molar-refractivity contribution in [3.63, 3.8) is 0 Å². The monoisotopic (exact) mass is 275 g/mol. The fourth-order valence-electron chi connectivity index (χ4n) is 2.72. The third-order valence-electron chi connectivity index (χ3n) is 4.19. The molecule has 0 fully saturated rings. The summed E-state index contributed by atoms with van der Waals surface area (Å²) in [5.74, 6) is 1.49. The van der Waals surface area contributed by atoms with Crippen LogP contribution in [-0.2, 0) is 6.42 Å². The highest BCUT2D eigenvalue weighted by Crippen LogP contribution is 2.23. The molecule has 0 bridgehead atoms. The number of aryl methyl sites for hydroxylation is 1. The Morgan fingerprint density at radius 1 is 1.15 bits per heavy atom. The Kier molecular flexibility index (Phi) is 6.75. The highest BCUT2D eigenvalue weighted by Gasteiger charge is 2.20. The van der Waals surface area contributed by atoms with Gasteiger partial charge in [0, 0.05) is 5.54 Å². The standard InChI is InChI=1S/C19H33N/c1-7-10-15(2)18(14-20-19(4,5)6)13-17-12-9-8-11-16(17)3/h8-9,11-12,15,18,20H,7,10,13-14H2,1-6H3. The molecule has 0 heterocycles. The molecule has 0 aliphatic carbocycles. The second-order valence-corrected chi connectivity index (χ2v) is 7.29. The van der Waals surface area contributed by atoms with E-state index in [2.05, 4.69) is 71.1 Å². The minimum absolute atomic E-state index is 0.204. The highest BCUT2D eigenvalue weighted by atomic mass is 14.9. The Balaban J connectivity index is 2.74. The number of benzene rings is 1. The quantitative estimate of drug-likeness (QED) is 0.740. The molecule has 1 aromatic carbocycles. The van der Waals surface area contributed by atoms with Gasteiger partial charge in [-0.05, 0) is 63.6 Å². The van der Waals surface area contributed by atoms with E-state index in [-0.39, 0.29) is 5.54 Å². The van der Waals surface area contributed by atoms with Crippen LogP contribution in [0.3, 0.4) is 0 Å². The maximum absolute atomic E-state index is 3.70. The van der Waals surface area contributed by atoms with Gasteiger partial charge >= 0.3 is 0 Å². The molecule has 2 unspecified atom stereocenters. The molecule has 0 aromatic heterocycles. The lowest BCUT2D eigenvalue weighted by Crippen LogP contribution is -2.41. The molecule has 1 rings (SSSR count). The SMILES string of the molecule is CCCC(C)C(CNC(C)(C)C)Cc1ccccc1C. The summed E-state index contributed by atoms with van der Waals surface area (Å²) in [5, 5.41) is 3.70. The van der Waals surface area contributed by atoms with Crippen molar-refractivity contribution in [2.75, 3.05) is 6.54 Å². The molecular weight excluding hydrogens is 242 g/mol. The van der Waals surface area contributed by atoms with Crippen LogP contribution in [0.15, 0.2) is 24.3 Å². The molecule has 0 amide bonds. The number of hydrogen-bond acceptors (Lipinski definition) is 1. The molecule has 114 valence electrons. The zero-order chi connectivity index (χ0) is 15.2. The first-order valence-electron chi connectivity index (χ1n) is 8.13. The molecule has 0 aliphatic heterocycles. The fourth-order valence-corrected chi connectivity index (χ4v) is 2.72. The third-order valence-corrected chi connectivity index (χ3v) is 4.19. The molecule has 1 N–H and O–H groups in total. The summed E-state index contributed by atoms with van der Waals surface area (Å²) >= 11 is 0. The molecule has 1 aromatic rings. The van der Waals surface area contributed by atoms with Gasteiger partial charge in [0.1, 0.15) is 0 Å². The smallest absolute Gasteiger partial charge is 0.00966 e. The van der Waals surface area contributed by atoms with E-state index in [4.69, 9.17) is 0 Å². The van der Waals surface area contributed by atoms with Gasteiger partial charge in [-0.3, -0.25) is 0 Å². The first-order valence-corrected chi connectivity index (χ1v) is 8.13. The summed E-state index contributed by atoms with van der Waals surface area (Å²) in [6, 6.07) is 8.82. The molecule has 0 spiro atoms. The first-order chi connectivity index (χ1) is 9.33. The van der Waals surface area contributed by atoms with E-state index < -0.39 is 0 Å². The Labute approximate surface area is 126 Å². The predicted octanol–water partition coefficient (Wildman–Crippen LogP) is 4.98. The van der Waals surface area contributed by atoms with Gasteiger partial charge in [0.25, 0.3) is 0 Å². The molecule has 1 heteroatoms. The van der Waals surface area contributed by atoms with E-state index in [1.807, 2.05) is 0 Å². The van der Waals surface area contributed by atoms with E-state index in [1.54, 1.807) is 0 Å². The molecule has 20 heavy (non-hydrogen) atoms. The van der Waals surface area contributed by atoms with Gasteiger partial charge in [-0.1, -0.05) is 51.0 Å². The van der Waals surface area contributed by atoms with Crippen molar-refractivity contribution in [3.8, 4) is 0 Å². The summed E-state index contributed by atoms with van der Waals surface area (Å²) in [4.78, 5) is 0. The Morgan fingerprint density at radius 3 is 2.35 bits per heavy atom.